The van der Waals surface area contributed by atoms with Crippen molar-refractivity contribution in [2.24, 2.45) is 5.92 Å². The average molecular weight is 500 g/mol. The van der Waals surface area contributed by atoms with Crippen molar-refractivity contribution < 1.29 is 39.5 Å². The van der Waals surface area contributed by atoms with Crippen LogP contribution in [0, 0.1) is 5.92 Å². The maximum atomic E-state index is 13.8. The third kappa shape index (κ3) is 5.79. The lowest BCUT2D eigenvalue weighted by molar-refractivity contribution is -0.402. The Morgan fingerprint density at radius 2 is 1.16 bits per heavy atom. The van der Waals surface area contributed by atoms with E-state index in [0.717, 1.165) is 25.7 Å². The van der Waals surface area contributed by atoms with E-state index in [1.165, 1.54) is 22.6 Å². The Morgan fingerprint density at radius 3 is 1.60 bits per heavy atom. The molecule has 10 heteroatoms. The summed E-state index contributed by atoms with van der Waals surface area (Å²) in [5.74, 6) is -21.2. The summed E-state index contributed by atoms with van der Waals surface area (Å²) >= 11 is 1.41. The second-order valence-corrected chi connectivity index (χ2v) is 7.73. The Hall–Kier alpha value is 0.1000. The van der Waals surface area contributed by atoms with Crippen molar-refractivity contribution in [1.29, 1.82) is 0 Å². The predicted octanol–water partition coefficient (Wildman–Crippen LogP) is 7.64. The first kappa shape index (κ1) is 25.1. The van der Waals surface area contributed by atoms with Gasteiger partial charge >= 0.3 is 23.9 Å². The molecule has 0 saturated heterocycles. The third-order valence-corrected chi connectivity index (χ3v) is 5.82. The van der Waals surface area contributed by atoms with Gasteiger partial charge in [-0.1, -0.05) is 75.0 Å². The number of hydrogen-bond acceptors (Lipinski definition) is 0. The fraction of sp³-hybridized carbons (Fsp3) is 1.00. The molecule has 0 amide bonds. The first-order valence-electron chi connectivity index (χ1n) is 7.98. The van der Waals surface area contributed by atoms with E-state index >= 15 is 0 Å². The maximum Gasteiger partial charge on any atom is 0.460 e. The van der Waals surface area contributed by atoms with Gasteiger partial charge in [-0.05, 0) is 6.42 Å². The number of unbranched alkanes of at least 4 members (excludes halogenated alkanes) is 5. The Balaban J connectivity index is 4.93. The van der Waals surface area contributed by atoms with E-state index in [1.807, 2.05) is 6.92 Å². The number of hydrogen-bond donors (Lipinski definition) is 0. The fourth-order valence-electron chi connectivity index (χ4n) is 2.27. The van der Waals surface area contributed by atoms with Crippen molar-refractivity contribution in [3.8, 4) is 0 Å². The largest absolute Gasteiger partial charge is 0.460 e. The van der Waals surface area contributed by atoms with Crippen LogP contribution in [0.3, 0.4) is 0 Å². The van der Waals surface area contributed by atoms with Gasteiger partial charge < -0.3 is 0 Å². The van der Waals surface area contributed by atoms with E-state index in [4.69, 9.17) is 0 Å². The normalized spacial score (nSPS) is 16.8. The van der Waals surface area contributed by atoms with E-state index in [2.05, 4.69) is 0 Å². The summed E-state index contributed by atoms with van der Waals surface area (Å²) < 4.78 is 115. The highest BCUT2D eigenvalue weighted by molar-refractivity contribution is 14.1. The molecule has 2 atom stereocenters. The quantitative estimate of drug-likeness (QED) is 0.118. The highest BCUT2D eigenvalue weighted by atomic mass is 127. The molecule has 0 bridgehead atoms. The molecule has 0 N–H and O–H groups in total. The van der Waals surface area contributed by atoms with Crippen LogP contribution < -0.4 is 0 Å². The van der Waals surface area contributed by atoms with Crippen LogP contribution in [0.1, 0.15) is 58.8 Å². The molecule has 0 saturated carbocycles. The molecule has 2 unspecified atom stereocenters. The van der Waals surface area contributed by atoms with Crippen LogP contribution in [0.25, 0.3) is 0 Å². The maximum absolute atomic E-state index is 13.8. The topological polar surface area (TPSA) is 0 Å². The second-order valence-electron chi connectivity index (χ2n) is 6.13. The third-order valence-electron chi connectivity index (χ3n) is 4.12. The Kier molecular flexibility index (Phi) is 9.38. The van der Waals surface area contributed by atoms with Gasteiger partial charge in [0.15, 0.2) is 0 Å². The van der Waals surface area contributed by atoms with E-state index in [9.17, 15) is 39.5 Å². The Bertz CT molecular complexity index is 393. The lowest BCUT2D eigenvalue weighted by Gasteiger charge is -2.38. The predicted molar refractivity (Wildman–Crippen MR) is 85.9 cm³/mol. The molecule has 0 fully saturated rings. The molecule has 0 heterocycles. The first-order valence-corrected chi connectivity index (χ1v) is 9.23. The number of halogens is 10. The van der Waals surface area contributed by atoms with Crippen LogP contribution in [0.5, 0.6) is 0 Å². The lowest BCUT2D eigenvalue weighted by atomic mass is 9.89. The van der Waals surface area contributed by atoms with Gasteiger partial charge in [0.2, 0.25) is 0 Å². The van der Waals surface area contributed by atoms with Crippen molar-refractivity contribution in [3.63, 3.8) is 0 Å². The van der Waals surface area contributed by atoms with Crippen LogP contribution >= 0.6 is 22.6 Å². The number of alkyl halides is 10. The average Bonchev–Trinajstić information content (AvgIpc) is 2.48. The molecule has 0 spiro atoms. The molecule has 25 heavy (non-hydrogen) atoms. The van der Waals surface area contributed by atoms with Crippen molar-refractivity contribution >= 4 is 22.6 Å². The highest BCUT2D eigenvalue weighted by Crippen LogP contribution is 2.56. The van der Waals surface area contributed by atoms with Gasteiger partial charge in [-0.3, -0.25) is 0 Å². The minimum atomic E-state index is -6.81. The zero-order valence-corrected chi connectivity index (χ0v) is 16.0. The van der Waals surface area contributed by atoms with Gasteiger partial charge in [0.25, 0.3) is 0 Å². The van der Waals surface area contributed by atoms with Crippen molar-refractivity contribution in [2.45, 2.75) is 86.7 Å². The first-order chi connectivity index (χ1) is 11.1. The minimum Gasteiger partial charge on any atom is -0.199 e. The highest BCUT2D eigenvalue weighted by Gasteiger charge is 2.82. The van der Waals surface area contributed by atoms with Crippen molar-refractivity contribution in [1.82, 2.24) is 0 Å². The summed E-state index contributed by atoms with van der Waals surface area (Å²) in [6.45, 7) is 2.58. The van der Waals surface area contributed by atoms with Gasteiger partial charge in [0.1, 0.15) is 0 Å². The molecule has 0 aliphatic rings. The SMILES string of the molecule is CCCCCCCCC(I)C(C)C(F)(F)C(F)(F)C(F)(F)C(F)(F)F. The van der Waals surface area contributed by atoms with Crippen LogP contribution in [-0.4, -0.2) is 27.9 Å². The van der Waals surface area contributed by atoms with Crippen LogP contribution in [-0.2, 0) is 0 Å². The molecule has 0 aliphatic heterocycles. The zero-order chi connectivity index (χ0) is 20.1. The molecule has 152 valence electrons. The van der Waals surface area contributed by atoms with Crippen LogP contribution in [0.4, 0.5) is 39.5 Å². The molecule has 0 aromatic heterocycles. The zero-order valence-electron chi connectivity index (χ0n) is 13.9. The van der Waals surface area contributed by atoms with Crippen LogP contribution in [0.2, 0.25) is 0 Å². The molecular weight excluding hydrogens is 478 g/mol. The number of rotatable bonds is 11. The van der Waals surface area contributed by atoms with E-state index in [-0.39, 0.29) is 6.42 Å². The molecular formula is C15H22F9I. The summed E-state index contributed by atoms with van der Waals surface area (Å²) in [5, 5.41) is 0. The molecule has 0 rings (SSSR count). The molecule has 0 aliphatic carbocycles. The van der Waals surface area contributed by atoms with Crippen molar-refractivity contribution in [3.05, 3.63) is 0 Å². The Morgan fingerprint density at radius 1 is 0.720 bits per heavy atom. The van der Waals surface area contributed by atoms with E-state index in [0.29, 0.717) is 19.8 Å². The van der Waals surface area contributed by atoms with E-state index in [1.54, 1.807) is 0 Å². The second kappa shape index (κ2) is 9.34. The summed E-state index contributed by atoms with van der Waals surface area (Å²) in [6, 6.07) is 0. The smallest absolute Gasteiger partial charge is 0.199 e. The summed E-state index contributed by atoms with van der Waals surface area (Å²) in [7, 11) is 0. The molecule has 0 nitrogen and oxygen atoms in total. The van der Waals surface area contributed by atoms with Gasteiger partial charge in [-0.2, -0.15) is 39.5 Å². The standard InChI is InChI=1S/C15H22F9I/c1-3-4-5-6-7-8-9-11(25)10(2)12(16,17)13(18,19)14(20,21)15(22,23)24/h10-11H,3-9H2,1-2H3. The monoisotopic (exact) mass is 500 g/mol. The lowest BCUT2D eigenvalue weighted by Crippen LogP contribution is -2.63. The van der Waals surface area contributed by atoms with Crippen LogP contribution in [0.15, 0.2) is 0 Å². The Labute approximate surface area is 155 Å². The summed E-state index contributed by atoms with van der Waals surface area (Å²) in [5.41, 5.74) is 0. The van der Waals surface area contributed by atoms with Gasteiger partial charge in [-0.15, -0.1) is 0 Å². The van der Waals surface area contributed by atoms with Gasteiger partial charge in [0.05, 0.1) is 0 Å². The fourth-order valence-corrected chi connectivity index (χ4v) is 3.16. The molecule has 0 aromatic rings. The van der Waals surface area contributed by atoms with Crippen molar-refractivity contribution in [2.75, 3.05) is 0 Å². The van der Waals surface area contributed by atoms with Gasteiger partial charge in [-0.25, -0.2) is 0 Å². The molecule has 0 radical (unpaired) electrons. The summed E-state index contributed by atoms with van der Waals surface area (Å²) in [4.78, 5) is 0. The molecule has 0 aromatic carbocycles. The van der Waals surface area contributed by atoms with E-state index < -0.39 is 33.8 Å². The minimum absolute atomic E-state index is 0.0388. The summed E-state index contributed by atoms with van der Waals surface area (Å²) in [6.07, 6.45) is -1.89. The van der Waals surface area contributed by atoms with Gasteiger partial charge in [0, 0.05) is 9.84 Å².